The first-order valence-corrected chi connectivity index (χ1v) is 10.1. The number of morpholine rings is 1. The largest absolute Gasteiger partial charge is 0.378 e. The summed E-state index contributed by atoms with van der Waals surface area (Å²) in [4.78, 5) is 17.0. The van der Waals surface area contributed by atoms with Crippen LogP contribution in [0.1, 0.15) is 37.7 Å². The Kier molecular flexibility index (Phi) is 5.57. The van der Waals surface area contributed by atoms with E-state index in [4.69, 9.17) is 4.74 Å². The van der Waals surface area contributed by atoms with Crippen molar-refractivity contribution in [3.8, 4) is 0 Å². The molecule has 5 nitrogen and oxygen atoms in total. The third kappa shape index (κ3) is 4.11. The molecule has 3 fully saturated rings. The van der Waals surface area contributed by atoms with Gasteiger partial charge in [-0.3, -0.25) is 9.69 Å². The number of hydrogen-bond acceptors (Lipinski definition) is 4. The first-order valence-electron chi connectivity index (χ1n) is 10.1. The average molecular weight is 357 g/mol. The summed E-state index contributed by atoms with van der Waals surface area (Å²) in [6, 6.07) is 12.1. The molecule has 1 saturated carbocycles. The number of carbonyl (C=O) groups excluding carboxylic acids is 1. The highest BCUT2D eigenvalue weighted by Crippen LogP contribution is 2.41. The van der Waals surface area contributed by atoms with E-state index in [0.717, 1.165) is 39.0 Å². The van der Waals surface area contributed by atoms with Crippen LogP contribution >= 0.6 is 0 Å². The topological polar surface area (TPSA) is 44.8 Å². The third-order valence-electron chi connectivity index (χ3n) is 6.23. The van der Waals surface area contributed by atoms with Crippen molar-refractivity contribution in [2.75, 3.05) is 39.4 Å². The Morgan fingerprint density at radius 2 is 1.81 bits per heavy atom. The molecule has 1 amide bonds. The number of rotatable bonds is 5. The normalized spacial score (nSPS) is 28.7. The van der Waals surface area contributed by atoms with E-state index in [-0.39, 0.29) is 11.9 Å². The van der Waals surface area contributed by atoms with Gasteiger partial charge in [0.05, 0.1) is 19.3 Å². The predicted octanol–water partition coefficient (Wildman–Crippen LogP) is 1.84. The first kappa shape index (κ1) is 18.0. The predicted molar refractivity (Wildman–Crippen MR) is 102 cm³/mol. The average Bonchev–Trinajstić information content (AvgIpc) is 3.48. The molecule has 0 radical (unpaired) electrons. The van der Waals surface area contributed by atoms with Crippen molar-refractivity contribution in [1.82, 2.24) is 15.1 Å². The lowest BCUT2D eigenvalue weighted by molar-refractivity contribution is -0.141. The maximum absolute atomic E-state index is 12.7. The second-order valence-corrected chi connectivity index (χ2v) is 7.95. The van der Waals surface area contributed by atoms with Crippen molar-refractivity contribution in [3.05, 3.63) is 35.9 Å². The molecule has 1 aromatic carbocycles. The fraction of sp³-hybridized carbons (Fsp3) is 0.667. The SMILES string of the molecule is CC(C(=O)N1CCOCC1)N1CCC(N[C@@H]2C[C@H]2c2ccccc2)CC1. The van der Waals surface area contributed by atoms with E-state index in [1.165, 1.54) is 12.0 Å². The quantitative estimate of drug-likeness (QED) is 0.873. The Hall–Kier alpha value is -1.43. The molecule has 26 heavy (non-hydrogen) atoms. The molecule has 2 heterocycles. The standard InChI is InChI=1S/C21H31N3O2/c1-16(21(25)24-11-13-26-14-12-24)23-9-7-18(8-10-23)22-20-15-19(20)17-5-3-2-4-6-17/h2-6,16,18-20,22H,7-15H2,1H3/t16?,19-,20+/m0/s1. The summed E-state index contributed by atoms with van der Waals surface area (Å²) in [7, 11) is 0. The smallest absolute Gasteiger partial charge is 0.239 e. The van der Waals surface area contributed by atoms with Crippen LogP contribution in [-0.2, 0) is 9.53 Å². The van der Waals surface area contributed by atoms with Gasteiger partial charge in [0, 0.05) is 44.2 Å². The van der Waals surface area contributed by atoms with Gasteiger partial charge >= 0.3 is 0 Å². The molecule has 3 atom stereocenters. The third-order valence-corrected chi connectivity index (χ3v) is 6.23. The Bertz CT molecular complexity index is 595. The van der Waals surface area contributed by atoms with Crippen LogP contribution in [0.5, 0.6) is 0 Å². The molecule has 1 N–H and O–H groups in total. The minimum Gasteiger partial charge on any atom is -0.378 e. The van der Waals surface area contributed by atoms with Crippen LogP contribution in [-0.4, -0.2) is 73.2 Å². The lowest BCUT2D eigenvalue weighted by Gasteiger charge is -2.38. The summed E-state index contributed by atoms with van der Waals surface area (Å²) in [6.45, 7) is 6.92. The van der Waals surface area contributed by atoms with Gasteiger partial charge in [-0.25, -0.2) is 0 Å². The zero-order valence-electron chi connectivity index (χ0n) is 15.8. The van der Waals surface area contributed by atoms with E-state index in [1.807, 2.05) is 4.90 Å². The number of likely N-dealkylation sites (tertiary alicyclic amines) is 1. The van der Waals surface area contributed by atoms with Gasteiger partial charge in [-0.2, -0.15) is 0 Å². The van der Waals surface area contributed by atoms with Crippen molar-refractivity contribution in [2.45, 2.75) is 50.2 Å². The minimum atomic E-state index is -0.00737. The van der Waals surface area contributed by atoms with Crippen LogP contribution in [0.3, 0.4) is 0 Å². The second-order valence-electron chi connectivity index (χ2n) is 7.95. The molecule has 2 saturated heterocycles. The van der Waals surface area contributed by atoms with Gasteiger partial charge in [-0.1, -0.05) is 30.3 Å². The monoisotopic (exact) mass is 357 g/mol. The van der Waals surface area contributed by atoms with Gasteiger partial charge < -0.3 is 15.0 Å². The van der Waals surface area contributed by atoms with E-state index in [0.29, 0.717) is 31.2 Å². The summed E-state index contributed by atoms with van der Waals surface area (Å²) < 4.78 is 5.36. The molecule has 0 bridgehead atoms. The number of piperidine rings is 1. The number of benzene rings is 1. The number of hydrogen-bond donors (Lipinski definition) is 1. The van der Waals surface area contributed by atoms with Gasteiger partial charge in [-0.05, 0) is 31.7 Å². The van der Waals surface area contributed by atoms with Crippen molar-refractivity contribution in [1.29, 1.82) is 0 Å². The van der Waals surface area contributed by atoms with E-state index in [9.17, 15) is 4.79 Å². The zero-order chi connectivity index (χ0) is 17.9. The fourth-order valence-electron chi connectivity index (χ4n) is 4.41. The van der Waals surface area contributed by atoms with E-state index >= 15 is 0 Å². The van der Waals surface area contributed by atoms with Crippen molar-refractivity contribution < 1.29 is 9.53 Å². The zero-order valence-corrected chi connectivity index (χ0v) is 15.8. The van der Waals surface area contributed by atoms with Crippen molar-refractivity contribution in [2.24, 2.45) is 0 Å². The summed E-state index contributed by atoms with van der Waals surface area (Å²) in [5, 5.41) is 3.85. The van der Waals surface area contributed by atoms with Crippen LogP contribution in [0.25, 0.3) is 0 Å². The van der Waals surface area contributed by atoms with Crippen LogP contribution in [0, 0.1) is 0 Å². The van der Waals surface area contributed by atoms with E-state index < -0.39 is 0 Å². The Morgan fingerprint density at radius 3 is 2.50 bits per heavy atom. The molecule has 142 valence electrons. The molecule has 3 aliphatic rings. The van der Waals surface area contributed by atoms with Crippen LogP contribution in [0.4, 0.5) is 0 Å². The molecule has 0 spiro atoms. The van der Waals surface area contributed by atoms with Gasteiger partial charge in [0.2, 0.25) is 5.91 Å². The molecule has 4 rings (SSSR count). The number of nitrogens with zero attached hydrogens (tertiary/aromatic N) is 2. The lowest BCUT2D eigenvalue weighted by atomic mass is 10.0. The minimum absolute atomic E-state index is 0.00737. The Morgan fingerprint density at radius 1 is 1.12 bits per heavy atom. The van der Waals surface area contributed by atoms with Crippen LogP contribution in [0.2, 0.25) is 0 Å². The number of amides is 1. The summed E-state index contributed by atoms with van der Waals surface area (Å²) >= 11 is 0. The van der Waals surface area contributed by atoms with Gasteiger partial charge in [-0.15, -0.1) is 0 Å². The van der Waals surface area contributed by atoms with E-state index in [1.54, 1.807) is 0 Å². The molecule has 2 aliphatic heterocycles. The first-order chi connectivity index (χ1) is 12.7. The molecular weight excluding hydrogens is 326 g/mol. The van der Waals surface area contributed by atoms with Gasteiger partial charge in [0.25, 0.3) is 0 Å². The van der Waals surface area contributed by atoms with Crippen molar-refractivity contribution in [3.63, 3.8) is 0 Å². The maximum atomic E-state index is 12.7. The molecule has 0 aromatic heterocycles. The number of nitrogens with one attached hydrogen (secondary N) is 1. The lowest BCUT2D eigenvalue weighted by Crippen LogP contribution is -2.54. The summed E-state index contributed by atoms with van der Waals surface area (Å²) in [6.07, 6.45) is 3.54. The molecule has 1 unspecified atom stereocenters. The van der Waals surface area contributed by atoms with Gasteiger partial charge in [0.15, 0.2) is 0 Å². The van der Waals surface area contributed by atoms with Crippen LogP contribution < -0.4 is 5.32 Å². The molecular formula is C21H31N3O2. The highest BCUT2D eigenvalue weighted by atomic mass is 16.5. The highest BCUT2D eigenvalue weighted by Gasteiger charge is 2.40. The fourth-order valence-corrected chi connectivity index (χ4v) is 4.41. The number of ether oxygens (including phenoxy) is 1. The molecule has 1 aromatic rings. The second kappa shape index (κ2) is 8.07. The maximum Gasteiger partial charge on any atom is 0.239 e. The van der Waals surface area contributed by atoms with Crippen LogP contribution in [0.15, 0.2) is 30.3 Å². The Labute approximate surface area is 156 Å². The highest BCUT2D eigenvalue weighted by molar-refractivity contribution is 5.81. The molecule has 5 heteroatoms. The van der Waals surface area contributed by atoms with Crippen molar-refractivity contribution >= 4 is 5.91 Å². The Balaban J connectivity index is 1.21. The molecule has 1 aliphatic carbocycles. The summed E-state index contributed by atoms with van der Waals surface area (Å²) in [5.74, 6) is 0.960. The summed E-state index contributed by atoms with van der Waals surface area (Å²) in [5.41, 5.74) is 1.46. The number of carbonyl (C=O) groups is 1. The van der Waals surface area contributed by atoms with E-state index in [2.05, 4.69) is 47.5 Å². The van der Waals surface area contributed by atoms with Gasteiger partial charge in [0.1, 0.15) is 0 Å².